The smallest absolute Gasteiger partial charge is 0.303 e. The number of rotatable bonds is 4. The molecule has 0 spiro atoms. The molecule has 7 heteroatoms. The van der Waals surface area contributed by atoms with Crippen molar-refractivity contribution >= 4 is 11.9 Å². The van der Waals surface area contributed by atoms with Crippen molar-refractivity contribution in [2.75, 3.05) is 18.0 Å². The molecule has 2 aromatic rings. The number of tetrazole rings is 1. The van der Waals surface area contributed by atoms with Crippen molar-refractivity contribution in [1.82, 2.24) is 20.2 Å². The summed E-state index contributed by atoms with van der Waals surface area (Å²) in [6.07, 6.45) is 1.05. The fourth-order valence-corrected chi connectivity index (χ4v) is 2.54. The molecule has 0 aliphatic carbocycles. The molecule has 1 aromatic carbocycles. The van der Waals surface area contributed by atoms with E-state index in [-0.39, 0.29) is 12.3 Å². The molecular weight excluding hydrogens is 258 g/mol. The number of carbonyl (C=O) groups is 1. The van der Waals surface area contributed by atoms with Gasteiger partial charge in [0.25, 0.3) is 0 Å². The van der Waals surface area contributed by atoms with Crippen molar-refractivity contribution in [3.8, 4) is 5.69 Å². The first kappa shape index (κ1) is 12.6. The predicted molar refractivity (Wildman–Crippen MR) is 71.7 cm³/mol. The Morgan fingerprint density at radius 1 is 1.35 bits per heavy atom. The van der Waals surface area contributed by atoms with E-state index in [9.17, 15) is 4.79 Å². The Bertz CT molecular complexity index is 598. The molecular formula is C13H15N5O2. The van der Waals surface area contributed by atoms with E-state index in [0.717, 1.165) is 18.7 Å². The van der Waals surface area contributed by atoms with Gasteiger partial charge in [0, 0.05) is 19.5 Å². The lowest BCUT2D eigenvalue weighted by Gasteiger charge is -2.16. The highest BCUT2D eigenvalue weighted by molar-refractivity contribution is 5.67. The number of hydrogen-bond donors (Lipinski definition) is 1. The molecule has 1 unspecified atom stereocenters. The average molecular weight is 273 g/mol. The molecule has 104 valence electrons. The van der Waals surface area contributed by atoms with Gasteiger partial charge in [-0.05, 0) is 34.9 Å². The summed E-state index contributed by atoms with van der Waals surface area (Å²) in [5.74, 6) is 0.0806. The van der Waals surface area contributed by atoms with Crippen molar-refractivity contribution < 1.29 is 9.90 Å². The minimum Gasteiger partial charge on any atom is -0.481 e. The molecule has 1 saturated heterocycles. The summed E-state index contributed by atoms with van der Waals surface area (Å²) >= 11 is 0. The lowest BCUT2D eigenvalue weighted by molar-refractivity contribution is -0.137. The maximum absolute atomic E-state index is 10.8. The van der Waals surface area contributed by atoms with Gasteiger partial charge < -0.3 is 10.0 Å². The predicted octanol–water partition coefficient (Wildman–Crippen LogP) is 0.963. The van der Waals surface area contributed by atoms with Crippen LogP contribution in [0.4, 0.5) is 5.95 Å². The minimum atomic E-state index is -0.750. The van der Waals surface area contributed by atoms with Crippen molar-refractivity contribution in [2.45, 2.75) is 12.8 Å². The Hall–Kier alpha value is -2.44. The Morgan fingerprint density at radius 2 is 2.15 bits per heavy atom. The van der Waals surface area contributed by atoms with Crippen LogP contribution in [0.15, 0.2) is 30.3 Å². The highest BCUT2D eigenvalue weighted by Gasteiger charge is 2.28. The maximum atomic E-state index is 10.8. The number of aliphatic carboxylic acids is 1. The monoisotopic (exact) mass is 273 g/mol. The number of aromatic nitrogens is 4. The standard InChI is InChI=1S/C13H15N5O2/c19-12(20)8-10-6-7-17(9-10)13-14-15-16-18(13)11-4-2-1-3-5-11/h1-5,10H,6-9H2,(H,19,20). The van der Waals surface area contributed by atoms with E-state index in [0.29, 0.717) is 12.5 Å². The third-order valence-corrected chi connectivity index (χ3v) is 3.49. The number of carboxylic acid groups (broad SMARTS) is 1. The molecule has 0 saturated carbocycles. The van der Waals surface area contributed by atoms with E-state index in [4.69, 9.17) is 5.11 Å². The molecule has 1 aromatic heterocycles. The average Bonchev–Trinajstić information content (AvgIpc) is 3.07. The van der Waals surface area contributed by atoms with Gasteiger partial charge in [-0.25, -0.2) is 0 Å². The lowest BCUT2D eigenvalue weighted by atomic mass is 10.1. The van der Waals surface area contributed by atoms with Crippen molar-refractivity contribution in [2.24, 2.45) is 5.92 Å². The summed E-state index contributed by atoms with van der Waals surface area (Å²) < 4.78 is 1.68. The summed E-state index contributed by atoms with van der Waals surface area (Å²) in [5.41, 5.74) is 0.897. The van der Waals surface area contributed by atoms with Gasteiger partial charge in [-0.1, -0.05) is 23.3 Å². The number of nitrogens with zero attached hydrogens (tertiary/aromatic N) is 5. The molecule has 0 radical (unpaired) electrons. The van der Waals surface area contributed by atoms with Gasteiger partial charge >= 0.3 is 5.97 Å². The number of carboxylic acids is 1. The van der Waals surface area contributed by atoms with Gasteiger partial charge in [0.05, 0.1) is 5.69 Å². The van der Waals surface area contributed by atoms with Gasteiger partial charge in [-0.2, -0.15) is 4.68 Å². The zero-order valence-corrected chi connectivity index (χ0v) is 10.9. The largest absolute Gasteiger partial charge is 0.481 e. The highest BCUT2D eigenvalue weighted by atomic mass is 16.4. The number of hydrogen-bond acceptors (Lipinski definition) is 5. The molecule has 0 bridgehead atoms. The zero-order chi connectivity index (χ0) is 13.9. The second-order valence-corrected chi connectivity index (χ2v) is 4.92. The van der Waals surface area contributed by atoms with Gasteiger partial charge in [-0.3, -0.25) is 4.79 Å². The number of anilines is 1. The van der Waals surface area contributed by atoms with E-state index in [1.165, 1.54) is 0 Å². The fraction of sp³-hybridized carbons (Fsp3) is 0.385. The van der Waals surface area contributed by atoms with Crippen LogP contribution in [0.25, 0.3) is 5.69 Å². The van der Waals surface area contributed by atoms with Crippen LogP contribution in [-0.4, -0.2) is 44.4 Å². The SMILES string of the molecule is O=C(O)CC1CCN(c2nnnn2-c2ccccc2)C1. The van der Waals surface area contributed by atoms with E-state index in [1.807, 2.05) is 35.2 Å². The van der Waals surface area contributed by atoms with Crippen LogP contribution in [0, 0.1) is 5.92 Å². The molecule has 20 heavy (non-hydrogen) atoms. The molecule has 1 fully saturated rings. The van der Waals surface area contributed by atoms with Gasteiger partial charge in [0.2, 0.25) is 5.95 Å². The summed E-state index contributed by atoms with van der Waals surface area (Å²) in [4.78, 5) is 12.8. The second kappa shape index (κ2) is 5.28. The Morgan fingerprint density at radius 3 is 2.90 bits per heavy atom. The first-order valence-electron chi connectivity index (χ1n) is 6.54. The quantitative estimate of drug-likeness (QED) is 0.893. The molecule has 1 aliphatic rings. The summed E-state index contributed by atoms with van der Waals surface area (Å²) in [6.45, 7) is 1.46. The molecule has 7 nitrogen and oxygen atoms in total. The molecule has 3 rings (SSSR count). The van der Waals surface area contributed by atoms with Crippen LogP contribution in [0.2, 0.25) is 0 Å². The maximum Gasteiger partial charge on any atom is 0.303 e. The first-order chi connectivity index (χ1) is 9.74. The molecule has 1 N–H and O–H groups in total. The van der Waals surface area contributed by atoms with Gasteiger partial charge in [0.1, 0.15) is 0 Å². The van der Waals surface area contributed by atoms with Gasteiger partial charge in [-0.15, -0.1) is 0 Å². The Labute approximate surface area is 115 Å². The first-order valence-corrected chi connectivity index (χ1v) is 6.54. The van der Waals surface area contributed by atoms with E-state index in [1.54, 1.807) is 4.68 Å². The number of benzene rings is 1. The van der Waals surface area contributed by atoms with Crippen LogP contribution < -0.4 is 4.90 Å². The molecule has 1 aliphatic heterocycles. The van der Waals surface area contributed by atoms with Crippen LogP contribution in [0.3, 0.4) is 0 Å². The van der Waals surface area contributed by atoms with Gasteiger partial charge in [0.15, 0.2) is 0 Å². The van der Waals surface area contributed by atoms with Crippen molar-refractivity contribution in [3.63, 3.8) is 0 Å². The van der Waals surface area contributed by atoms with E-state index >= 15 is 0 Å². The lowest BCUT2D eigenvalue weighted by Crippen LogP contribution is -2.24. The fourth-order valence-electron chi connectivity index (χ4n) is 2.54. The molecule has 2 heterocycles. The third kappa shape index (κ3) is 2.47. The van der Waals surface area contributed by atoms with Crippen molar-refractivity contribution in [3.05, 3.63) is 30.3 Å². The van der Waals surface area contributed by atoms with Crippen LogP contribution >= 0.6 is 0 Å². The summed E-state index contributed by atoms with van der Waals surface area (Å²) in [5, 5.41) is 20.7. The topological polar surface area (TPSA) is 84.1 Å². The zero-order valence-electron chi connectivity index (χ0n) is 10.9. The molecule has 1 atom stereocenters. The second-order valence-electron chi connectivity index (χ2n) is 4.92. The van der Waals surface area contributed by atoms with Crippen LogP contribution in [0.5, 0.6) is 0 Å². The molecule has 0 amide bonds. The van der Waals surface area contributed by atoms with E-state index < -0.39 is 5.97 Å². The van der Waals surface area contributed by atoms with Crippen LogP contribution in [-0.2, 0) is 4.79 Å². The number of para-hydroxylation sites is 1. The van der Waals surface area contributed by atoms with E-state index in [2.05, 4.69) is 15.5 Å². The minimum absolute atomic E-state index is 0.161. The Balaban J connectivity index is 1.79. The Kier molecular flexibility index (Phi) is 3.32. The highest BCUT2D eigenvalue weighted by Crippen LogP contribution is 2.25. The summed E-state index contributed by atoms with van der Waals surface area (Å²) in [7, 11) is 0. The summed E-state index contributed by atoms with van der Waals surface area (Å²) in [6, 6.07) is 9.66. The normalized spacial score (nSPS) is 18.4. The van der Waals surface area contributed by atoms with Crippen molar-refractivity contribution in [1.29, 1.82) is 0 Å². The van der Waals surface area contributed by atoms with Crippen LogP contribution in [0.1, 0.15) is 12.8 Å². The third-order valence-electron chi connectivity index (χ3n) is 3.49.